The molecule has 2 spiro atoms. The molecule has 372 valence electrons. The smallest absolute Gasteiger partial charge is 0.187 e. The Morgan fingerprint density at radius 3 is 1.85 bits per heavy atom. The maximum atomic E-state index is 12.4. The quantitative estimate of drug-likeness (QED) is 0.101. The number of ether oxygens (including phenoxy) is 8. The fraction of sp³-hybridized carbons (Fsp3) is 0.957. The van der Waals surface area contributed by atoms with Crippen molar-refractivity contribution in [3.63, 3.8) is 0 Å². The third kappa shape index (κ3) is 7.24. The van der Waals surface area contributed by atoms with Crippen LogP contribution in [0, 0.1) is 51.2 Å². The molecule has 18 nitrogen and oxygen atoms in total. The van der Waals surface area contributed by atoms with Gasteiger partial charge < -0.3 is 89.0 Å². The molecule has 0 amide bonds. The van der Waals surface area contributed by atoms with Crippen LogP contribution in [-0.2, 0) is 37.9 Å². The maximum absolute atomic E-state index is 12.4. The Morgan fingerprint density at radius 1 is 0.631 bits per heavy atom. The summed E-state index contributed by atoms with van der Waals surface area (Å²) in [4.78, 5) is 0. The fourth-order valence-electron chi connectivity index (χ4n) is 15.8. The highest BCUT2D eigenvalue weighted by molar-refractivity contribution is 5.27. The summed E-state index contributed by atoms with van der Waals surface area (Å²) in [7, 11) is 0. The SMILES string of the molecule is CC(C)=C[C@@H]1CO[C@]23C[C@]4(CO2)[C@H](CC[C@@H]2[C@@]5(C)CC[C@H](O[C@@H]6O[C@H](CO)[C@@H](O)[C@H](O[C@@H]7O[C@H](CO)[C@@H](O)[C@H](O)[C@H]7O)[C@H]6O[C@@H]6O[C@@H](CO)[C@H](O)[C@H]6O)C(C)(C)[C@@H]5CC[C@]24C)[C@H]3[C@]1(C)O. The van der Waals surface area contributed by atoms with Crippen molar-refractivity contribution >= 4 is 0 Å². The van der Waals surface area contributed by atoms with Gasteiger partial charge in [0.15, 0.2) is 24.7 Å². The van der Waals surface area contributed by atoms with Gasteiger partial charge in [-0.15, -0.1) is 0 Å². The van der Waals surface area contributed by atoms with Gasteiger partial charge in [-0.05, 0) is 93.3 Å². The van der Waals surface area contributed by atoms with E-state index in [1.54, 1.807) is 0 Å². The van der Waals surface area contributed by atoms with E-state index in [2.05, 4.69) is 47.6 Å². The van der Waals surface area contributed by atoms with Gasteiger partial charge in [0.25, 0.3) is 0 Å². The van der Waals surface area contributed by atoms with Crippen LogP contribution in [0.2, 0.25) is 0 Å². The van der Waals surface area contributed by atoms with Crippen LogP contribution in [0.25, 0.3) is 0 Å². The van der Waals surface area contributed by atoms with Crippen molar-refractivity contribution in [2.75, 3.05) is 33.0 Å². The minimum absolute atomic E-state index is 0.0960. The summed E-state index contributed by atoms with van der Waals surface area (Å²) in [5.41, 5.74) is -0.701. The maximum Gasteiger partial charge on any atom is 0.187 e. The van der Waals surface area contributed by atoms with E-state index in [9.17, 15) is 51.1 Å². The fourth-order valence-corrected chi connectivity index (χ4v) is 15.8. The average molecular weight is 929 g/mol. The molecule has 5 heterocycles. The minimum atomic E-state index is -1.86. The number of hydrogen-bond donors (Lipinski definition) is 10. The lowest BCUT2D eigenvalue weighted by Crippen LogP contribution is -2.68. The molecule has 2 bridgehead atoms. The third-order valence-electron chi connectivity index (χ3n) is 19.1. The second-order valence-corrected chi connectivity index (χ2v) is 22.9. The highest BCUT2D eigenvalue weighted by Crippen LogP contribution is 2.80. The van der Waals surface area contributed by atoms with E-state index in [0.717, 1.165) is 44.1 Å². The zero-order valence-corrected chi connectivity index (χ0v) is 38.8. The zero-order chi connectivity index (χ0) is 47.0. The van der Waals surface area contributed by atoms with Crippen molar-refractivity contribution in [1.29, 1.82) is 0 Å². The Morgan fingerprint density at radius 2 is 1.22 bits per heavy atom. The summed E-state index contributed by atoms with van der Waals surface area (Å²) in [6.45, 7) is 14.4. The monoisotopic (exact) mass is 929 g/mol. The molecule has 9 rings (SSSR count). The van der Waals surface area contributed by atoms with Gasteiger partial charge in [0.2, 0.25) is 0 Å². The molecule has 5 saturated heterocycles. The molecular weight excluding hydrogens is 852 g/mol. The van der Waals surface area contributed by atoms with E-state index in [4.69, 9.17) is 37.9 Å². The standard InChI is InChI=1S/C47H76O18/c1-21(2)14-22-18-58-47-19-46(20-59-47)23(38(47)45(22,7)57)8-9-28-43(5)12-11-29(42(3,4)27(43)10-13-44(28,46)6)63-41-37(65-39-34(55)31(52)25(16-49)61-39)36(32(53)26(17-50)62-41)64-40-35(56)33(54)30(51)24(15-48)60-40/h14,22-41,48-57H,8-13,15-20H2,1-7H3/t22-,23-,24-,25+,26-,27+,28-,29+,30-,31+,32-,33+,34-,35-,36+,37-,38+,39+,40+,41+,43+,44-,45-,46+,47-/m1/s1. The van der Waals surface area contributed by atoms with Crippen molar-refractivity contribution < 1.29 is 89.0 Å². The number of hydrogen-bond acceptors (Lipinski definition) is 18. The molecular formula is C47H76O18. The highest BCUT2D eigenvalue weighted by atomic mass is 16.8. The summed E-state index contributed by atoms with van der Waals surface area (Å²) in [6, 6.07) is 0. The molecule has 4 saturated carbocycles. The van der Waals surface area contributed by atoms with E-state index in [1.165, 1.54) is 0 Å². The van der Waals surface area contributed by atoms with Crippen molar-refractivity contribution in [3.8, 4) is 0 Å². The Kier molecular flexibility index (Phi) is 12.9. The van der Waals surface area contributed by atoms with Crippen LogP contribution < -0.4 is 0 Å². The Hall–Kier alpha value is -0.980. The van der Waals surface area contributed by atoms with Crippen LogP contribution in [0.4, 0.5) is 0 Å². The summed E-state index contributed by atoms with van der Waals surface area (Å²) in [6.07, 6.45) is -14.3. The van der Waals surface area contributed by atoms with E-state index < -0.39 is 129 Å². The Bertz CT molecular complexity index is 1760. The van der Waals surface area contributed by atoms with Gasteiger partial charge in [-0.25, -0.2) is 0 Å². The first-order chi connectivity index (χ1) is 30.5. The van der Waals surface area contributed by atoms with Crippen LogP contribution in [0.1, 0.15) is 93.4 Å². The summed E-state index contributed by atoms with van der Waals surface area (Å²) < 4.78 is 50.7. The predicted octanol–water partition coefficient (Wildman–Crippen LogP) is -0.176. The number of fused-ring (bicyclic) bond motifs is 4. The Balaban J connectivity index is 0.991. The van der Waals surface area contributed by atoms with Gasteiger partial charge in [-0.2, -0.15) is 0 Å². The lowest BCUT2D eigenvalue weighted by atomic mass is 9.35. The minimum Gasteiger partial charge on any atom is -0.394 e. The zero-order valence-electron chi connectivity index (χ0n) is 38.8. The number of aliphatic hydroxyl groups excluding tert-OH is 9. The highest BCUT2D eigenvalue weighted by Gasteiger charge is 2.81. The normalized spacial score (nSPS) is 56.9. The molecule has 4 aliphatic carbocycles. The topological polar surface area (TPSA) is 276 Å². The second-order valence-electron chi connectivity index (χ2n) is 22.9. The molecule has 0 unspecified atom stereocenters. The Labute approximate surface area is 381 Å². The number of allylic oxidation sites excluding steroid dienone is 1. The molecule has 0 radical (unpaired) electrons. The summed E-state index contributed by atoms with van der Waals surface area (Å²) in [5, 5.41) is 108. The lowest BCUT2D eigenvalue weighted by Gasteiger charge is -2.70. The van der Waals surface area contributed by atoms with Gasteiger partial charge in [0.05, 0.1) is 44.7 Å². The van der Waals surface area contributed by atoms with Crippen LogP contribution in [-0.4, -0.2) is 188 Å². The predicted molar refractivity (Wildman–Crippen MR) is 225 cm³/mol. The van der Waals surface area contributed by atoms with Crippen LogP contribution in [0.5, 0.6) is 0 Å². The first kappa shape index (κ1) is 49.0. The van der Waals surface area contributed by atoms with Gasteiger partial charge in [0.1, 0.15) is 67.1 Å². The molecule has 10 N–H and O–H groups in total. The van der Waals surface area contributed by atoms with Gasteiger partial charge in [-0.3, -0.25) is 0 Å². The van der Waals surface area contributed by atoms with Gasteiger partial charge >= 0.3 is 0 Å². The first-order valence-corrected chi connectivity index (χ1v) is 24.0. The number of aliphatic hydroxyl groups is 10. The summed E-state index contributed by atoms with van der Waals surface area (Å²) in [5.74, 6) is -0.317. The molecule has 0 aromatic heterocycles. The van der Waals surface area contributed by atoms with Crippen LogP contribution >= 0.6 is 0 Å². The molecule has 9 fully saturated rings. The largest absolute Gasteiger partial charge is 0.394 e. The lowest BCUT2D eigenvalue weighted by molar-refractivity contribution is -0.387. The van der Waals surface area contributed by atoms with Gasteiger partial charge in [0, 0.05) is 23.7 Å². The number of rotatable bonds is 10. The van der Waals surface area contributed by atoms with E-state index in [0.29, 0.717) is 25.6 Å². The second kappa shape index (κ2) is 17.1. The van der Waals surface area contributed by atoms with Gasteiger partial charge in [-0.1, -0.05) is 39.3 Å². The van der Waals surface area contributed by atoms with Crippen LogP contribution in [0.3, 0.4) is 0 Å². The molecule has 5 aliphatic heterocycles. The molecule has 25 atom stereocenters. The van der Waals surface area contributed by atoms with Crippen molar-refractivity contribution in [2.24, 2.45) is 51.2 Å². The van der Waals surface area contributed by atoms with E-state index in [-0.39, 0.29) is 39.9 Å². The van der Waals surface area contributed by atoms with Crippen molar-refractivity contribution in [3.05, 3.63) is 11.6 Å². The average Bonchev–Trinajstić information content (AvgIpc) is 3.88. The van der Waals surface area contributed by atoms with E-state index >= 15 is 0 Å². The third-order valence-corrected chi connectivity index (χ3v) is 19.1. The molecule has 9 aliphatic rings. The first-order valence-electron chi connectivity index (χ1n) is 24.0. The molecule has 0 aromatic rings. The van der Waals surface area contributed by atoms with Crippen LogP contribution in [0.15, 0.2) is 11.6 Å². The molecule has 18 heteroatoms. The van der Waals surface area contributed by atoms with Crippen molar-refractivity contribution in [1.82, 2.24) is 0 Å². The molecule has 65 heavy (non-hydrogen) atoms. The summed E-state index contributed by atoms with van der Waals surface area (Å²) >= 11 is 0. The van der Waals surface area contributed by atoms with Crippen molar-refractivity contribution in [2.45, 2.75) is 197 Å². The van der Waals surface area contributed by atoms with E-state index in [1.807, 2.05) is 6.92 Å². The molecule has 0 aromatic carbocycles.